The first-order chi connectivity index (χ1) is 12.0. The monoisotopic (exact) mass is 380 g/mol. The standard InChI is InChI=1S/C18H15Cl2FN2O2/c19-13-3-1-2-12(10-13)17(24)22-6-8-23(9-7-22)18(25)15-11-14(20)4-5-16(15)21/h1-5,10-11H,6-9H2. The molecule has 2 aromatic carbocycles. The highest BCUT2D eigenvalue weighted by molar-refractivity contribution is 6.31. The molecule has 2 aromatic rings. The molecule has 3 rings (SSSR count). The van der Waals surface area contributed by atoms with E-state index in [4.69, 9.17) is 23.2 Å². The van der Waals surface area contributed by atoms with E-state index in [1.54, 1.807) is 29.2 Å². The molecule has 0 saturated carbocycles. The minimum Gasteiger partial charge on any atom is -0.335 e. The summed E-state index contributed by atoms with van der Waals surface area (Å²) < 4.78 is 13.9. The predicted octanol–water partition coefficient (Wildman–Crippen LogP) is 3.73. The molecule has 25 heavy (non-hydrogen) atoms. The van der Waals surface area contributed by atoms with E-state index < -0.39 is 11.7 Å². The van der Waals surface area contributed by atoms with Crippen molar-refractivity contribution in [1.82, 2.24) is 9.80 Å². The molecule has 0 spiro atoms. The summed E-state index contributed by atoms with van der Waals surface area (Å²) in [5, 5.41) is 0.801. The van der Waals surface area contributed by atoms with Crippen LogP contribution in [-0.2, 0) is 0 Å². The zero-order valence-electron chi connectivity index (χ0n) is 13.2. The van der Waals surface area contributed by atoms with Gasteiger partial charge in [-0.2, -0.15) is 0 Å². The van der Waals surface area contributed by atoms with Gasteiger partial charge in [0.05, 0.1) is 5.56 Å². The van der Waals surface area contributed by atoms with Gasteiger partial charge in [-0.25, -0.2) is 4.39 Å². The van der Waals surface area contributed by atoms with Crippen LogP contribution in [0, 0.1) is 5.82 Å². The van der Waals surface area contributed by atoms with Crippen LogP contribution in [0.25, 0.3) is 0 Å². The van der Waals surface area contributed by atoms with E-state index in [-0.39, 0.29) is 11.5 Å². The highest BCUT2D eigenvalue weighted by Crippen LogP contribution is 2.19. The van der Waals surface area contributed by atoms with Crippen LogP contribution >= 0.6 is 23.2 Å². The number of nitrogens with zero attached hydrogens (tertiary/aromatic N) is 2. The van der Waals surface area contributed by atoms with Crippen molar-refractivity contribution in [2.45, 2.75) is 0 Å². The zero-order chi connectivity index (χ0) is 18.0. The van der Waals surface area contributed by atoms with Gasteiger partial charge in [-0.05, 0) is 36.4 Å². The molecule has 0 unspecified atom stereocenters. The molecule has 7 heteroatoms. The lowest BCUT2D eigenvalue weighted by atomic mass is 10.1. The molecule has 1 fully saturated rings. The summed E-state index contributed by atoms with van der Waals surface area (Å²) in [7, 11) is 0. The summed E-state index contributed by atoms with van der Waals surface area (Å²) in [5.41, 5.74) is 0.454. The summed E-state index contributed by atoms with van der Waals surface area (Å²) in [6.45, 7) is 1.41. The second kappa shape index (κ2) is 7.42. The van der Waals surface area contributed by atoms with Crippen molar-refractivity contribution in [1.29, 1.82) is 0 Å². The van der Waals surface area contributed by atoms with Crippen molar-refractivity contribution in [3.63, 3.8) is 0 Å². The van der Waals surface area contributed by atoms with Crippen LogP contribution in [-0.4, -0.2) is 47.8 Å². The number of carbonyl (C=O) groups excluding carboxylic acids is 2. The lowest BCUT2D eigenvalue weighted by molar-refractivity contribution is 0.0533. The maximum atomic E-state index is 13.9. The van der Waals surface area contributed by atoms with Gasteiger partial charge in [0.2, 0.25) is 0 Å². The average molecular weight is 381 g/mol. The van der Waals surface area contributed by atoms with Gasteiger partial charge in [-0.15, -0.1) is 0 Å². The molecule has 0 N–H and O–H groups in total. The van der Waals surface area contributed by atoms with Crippen LogP contribution in [0.5, 0.6) is 0 Å². The van der Waals surface area contributed by atoms with Crippen molar-refractivity contribution in [2.24, 2.45) is 0 Å². The van der Waals surface area contributed by atoms with Crippen molar-refractivity contribution in [3.05, 3.63) is 69.5 Å². The maximum Gasteiger partial charge on any atom is 0.257 e. The smallest absolute Gasteiger partial charge is 0.257 e. The number of amides is 2. The summed E-state index contributed by atoms with van der Waals surface area (Å²) in [5.74, 6) is -1.16. The van der Waals surface area contributed by atoms with Crippen LogP contribution in [0.15, 0.2) is 42.5 Å². The molecule has 1 aliphatic rings. The summed E-state index contributed by atoms with van der Waals surface area (Å²) >= 11 is 11.8. The van der Waals surface area contributed by atoms with Crippen LogP contribution in [0.2, 0.25) is 10.0 Å². The lowest BCUT2D eigenvalue weighted by Gasteiger charge is -2.35. The van der Waals surface area contributed by atoms with Crippen LogP contribution < -0.4 is 0 Å². The molecule has 1 saturated heterocycles. The Morgan fingerprint density at radius 2 is 1.44 bits per heavy atom. The molecule has 0 aromatic heterocycles. The van der Waals surface area contributed by atoms with E-state index >= 15 is 0 Å². The minimum atomic E-state index is -0.605. The van der Waals surface area contributed by atoms with E-state index in [0.717, 1.165) is 0 Å². The SMILES string of the molecule is O=C(c1cccc(Cl)c1)N1CCN(C(=O)c2cc(Cl)ccc2F)CC1. The summed E-state index contributed by atoms with van der Waals surface area (Å²) in [6, 6.07) is 10.6. The second-order valence-corrected chi connectivity index (χ2v) is 6.59. The van der Waals surface area contributed by atoms with Gasteiger partial charge in [0.1, 0.15) is 5.82 Å². The van der Waals surface area contributed by atoms with E-state index in [0.29, 0.717) is 41.8 Å². The van der Waals surface area contributed by atoms with Gasteiger partial charge in [0.15, 0.2) is 0 Å². The Labute approximate surface area is 154 Å². The van der Waals surface area contributed by atoms with Crippen LogP contribution in [0.1, 0.15) is 20.7 Å². The number of rotatable bonds is 2. The number of hydrogen-bond acceptors (Lipinski definition) is 2. The first-order valence-electron chi connectivity index (χ1n) is 7.75. The Bertz CT molecular complexity index is 820. The number of carbonyl (C=O) groups is 2. The van der Waals surface area contributed by atoms with Gasteiger partial charge in [-0.3, -0.25) is 9.59 Å². The van der Waals surface area contributed by atoms with Gasteiger partial charge in [0, 0.05) is 41.8 Å². The molecule has 0 radical (unpaired) electrons. The number of hydrogen-bond donors (Lipinski definition) is 0. The van der Waals surface area contributed by atoms with E-state index in [1.165, 1.54) is 23.1 Å². The van der Waals surface area contributed by atoms with Gasteiger partial charge >= 0.3 is 0 Å². The van der Waals surface area contributed by atoms with Crippen molar-refractivity contribution in [2.75, 3.05) is 26.2 Å². The summed E-state index contributed by atoms with van der Waals surface area (Å²) in [6.07, 6.45) is 0. The quantitative estimate of drug-likeness (QED) is 0.796. The van der Waals surface area contributed by atoms with E-state index in [1.807, 2.05) is 0 Å². The fourth-order valence-corrected chi connectivity index (χ4v) is 3.11. The Kier molecular flexibility index (Phi) is 5.25. The van der Waals surface area contributed by atoms with Crippen LogP contribution in [0.3, 0.4) is 0 Å². The number of piperazine rings is 1. The topological polar surface area (TPSA) is 40.6 Å². The maximum absolute atomic E-state index is 13.9. The second-order valence-electron chi connectivity index (χ2n) is 5.72. The Balaban J connectivity index is 1.66. The molecule has 130 valence electrons. The lowest BCUT2D eigenvalue weighted by Crippen LogP contribution is -2.50. The summed E-state index contributed by atoms with van der Waals surface area (Å²) in [4.78, 5) is 28.1. The van der Waals surface area contributed by atoms with E-state index in [2.05, 4.69) is 0 Å². The third kappa shape index (κ3) is 3.94. The first-order valence-corrected chi connectivity index (χ1v) is 8.50. The molecule has 1 aliphatic heterocycles. The van der Waals surface area contributed by atoms with Crippen molar-refractivity contribution < 1.29 is 14.0 Å². The average Bonchev–Trinajstić information content (AvgIpc) is 2.62. The molecule has 4 nitrogen and oxygen atoms in total. The molecule has 0 bridgehead atoms. The molecule has 2 amide bonds. The fraction of sp³-hybridized carbons (Fsp3) is 0.222. The van der Waals surface area contributed by atoms with Gasteiger partial charge < -0.3 is 9.80 Å². The van der Waals surface area contributed by atoms with Gasteiger partial charge in [0.25, 0.3) is 11.8 Å². The Hall–Kier alpha value is -2.11. The highest BCUT2D eigenvalue weighted by atomic mass is 35.5. The molecule has 0 atom stereocenters. The van der Waals surface area contributed by atoms with Crippen LogP contribution in [0.4, 0.5) is 4.39 Å². The largest absolute Gasteiger partial charge is 0.335 e. The number of halogens is 3. The molecular formula is C18H15Cl2FN2O2. The highest BCUT2D eigenvalue weighted by Gasteiger charge is 2.27. The predicted molar refractivity (Wildman–Crippen MR) is 94.7 cm³/mol. The number of benzene rings is 2. The Morgan fingerprint density at radius 1 is 0.840 bits per heavy atom. The normalized spacial score (nSPS) is 14.5. The fourth-order valence-electron chi connectivity index (χ4n) is 2.75. The molecule has 1 heterocycles. The third-order valence-corrected chi connectivity index (χ3v) is 4.55. The third-order valence-electron chi connectivity index (χ3n) is 4.08. The molecule has 0 aliphatic carbocycles. The van der Waals surface area contributed by atoms with Crippen molar-refractivity contribution in [3.8, 4) is 0 Å². The van der Waals surface area contributed by atoms with E-state index in [9.17, 15) is 14.0 Å². The van der Waals surface area contributed by atoms with Gasteiger partial charge in [-0.1, -0.05) is 29.3 Å². The zero-order valence-corrected chi connectivity index (χ0v) is 14.7. The first kappa shape index (κ1) is 17.7. The Morgan fingerprint density at radius 3 is 2.08 bits per heavy atom. The minimum absolute atomic E-state index is 0.0536. The molecular weight excluding hydrogens is 366 g/mol. The van der Waals surface area contributed by atoms with Crippen molar-refractivity contribution >= 4 is 35.0 Å².